The third-order valence-corrected chi connectivity index (χ3v) is 4.98. The Kier molecular flexibility index (Phi) is 5.20. The molecule has 3 aromatic rings. The second-order valence-corrected chi connectivity index (χ2v) is 6.85. The molecule has 1 aromatic heterocycles. The fraction of sp³-hybridized carbons (Fsp3) is 0.263. The monoisotopic (exact) mass is 342 g/mol. The lowest BCUT2D eigenvalue weighted by atomic mass is 10.1. The molecule has 0 aliphatic carbocycles. The molecule has 0 radical (unpaired) electrons. The number of carbonyl (C=O) groups is 1. The zero-order valence-corrected chi connectivity index (χ0v) is 14.3. The van der Waals surface area contributed by atoms with Gasteiger partial charge in [0.1, 0.15) is 5.82 Å². The molecule has 1 amide bonds. The molecule has 2 aromatic carbocycles. The van der Waals surface area contributed by atoms with Crippen molar-refractivity contribution in [3.63, 3.8) is 0 Å². The van der Waals surface area contributed by atoms with Gasteiger partial charge in [0.25, 0.3) is 0 Å². The maximum Gasteiger partial charge on any atom is 0.220 e. The van der Waals surface area contributed by atoms with Crippen molar-refractivity contribution in [2.45, 2.75) is 32.2 Å². The van der Waals surface area contributed by atoms with E-state index < -0.39 is 0 Å². The van der Waals surface area contributed by atoms with Crippen molar-refractivity contribution in [3.8, 4) is 0 Å². The third kappa shape index (κ3) is 3.97. The number of hydrogen-bond donors (Lipinski definition) is 1. The van der Waals surface area contributed by atoms with E-state index in [1.165, 1.54) is 10.8 Å². The Hall–Kier alpha value is -2.27. The van der Waals surface area contributed by atoms with Crippen molar-refractivity contribution in [3.05, 3.63) is 64.9 Å². The van der Waals surface area contributed by atoms with Gasteiger partial charge >= 0.3 is 0 Å². The number of nitrogens with zero attached hydrogens (tertiary/aromatic N) is 1. The Morgan fingerprint density at radius 2 is 1.96 bits per heavy atom. The minimum atomic E-state index is -0.332. The summed E-state index contributed by atoms with van der Waals surface area (Å²) in [4.78, 5) is 16.6. The summed E-state index contributed by atoms with van der Waals surface area (Å²) in [5.41, 5.74) is 1.52. The molecule has 124 valence electrons. The smallest absolute Gasteiger partial charge is 0.220 e. The van der Waals surface area contributed by atoms with Crippen LogP contribution in [0.1, 0.15) is 36.4 Å². The summed E-state index contributed by atoms with van der Waals surface area (Å²) < 4.78 is 14.9. The molecule has 0 unspecified atom stereocenters. The SMILES string of the molecule is C[C@H](NC(=O)CCCc1nc2ccccc2s1)c1ccccc1F. The van der Waals surface area contributed by atoms with Crippen molar-refractivity contribution >= 4 is 27.5 Å². The first-order valence-electron chi connectivity index (χ1n) is 8.02. The molecular weight excluding hydrogens is 323 g/mol. The Morgan fingerprint density at radius 1 is 1.21 bits per heavy atom. The lowest BCUT2D eigenvalue weighted by Gasteiger charge is -2.14. The molecule has 3 rings (SSSR count). The van der Waals surface area contributed by atoms with Crippen LogP contribution in [0.2, 0.25) is 0 Å². The molecule has 1 N–H and O–H groups in total. The highest BCUT2D eigenvalue weighted by molar-refractivity contribution is 7.18. The topological polar surface area (TPSA) is 42.0 Å². The molecule has 1 atom stereocenters. The highest BCUT2D eigenvalue weighted by Crippen LogP contribution is 2.23. The molecule has 24 heavy (non-hydrogen) atoms. The lowest BCUT2D eigenvalue weighted by Crippen LogP contribution is -2.27. The highest BCUT2D eigenvalue weighted by atomic mass is 32.1. The summed E-state index contributed by atoms with van der Waals surface area (Å²) >= 11 is 1.67. The maximum atomic E-state index is 13.7. The van der Waals surface area contributed by atoms with Gasteiger partial charge in [-0.15, -0.1) is 11.3 Å². The molecular formula is C19H19FN2OS. The summed E-state index contributed by atoms with van der Waals surface area (Å²) in [6.07, 6.45) is 1.92. The number of para-hydroxylation sites is 1. The second-order valence-electron chi connectivity index (χ2n) is 5.74. The minimum absolute atomic E-state index is 0.0631. The van der Waals surface area contributed by atoms with E-state index in [1.54, 1.807) is 36.5 Å². The molecule has 0 bridgehead atoms. The second kappa shape index (κ2) is 7.53. The molecule has 0 saturated heterocycles. The summed E-state index contributed by atoms with van der Waals surface area (Å²) in [5.74, 6) is -0.355. The van der Waals surface area contributed by atoms with Gasteiger partial charge in [-0.3, -0.25) is 4.79 Å². The summed E-state index contributed by atoms with van der Waals surface area (Å²) in [6.45, 7) is 1.80. The van der Waals surface area contributed by atoms with Crippen LogP contribution in [0, 0.1) is 5.82 Å². The van der Waals surface area contributed by atoms with Crippen molar-refractivity contribution in [2.24, 2.45) is 0 Å². The van der Waals surface area contributed by atoms with E-state index in [9.17, 15) is 9.18 Å². The molecule has 0 aliphatic rings. The molecule has 0 saturated carbocycles. The summed E-state index contributed by atoms with van der Waals surface area (Å²) in [5, 5.41) is 3.90. The zero-order chi connectivity index (χ0) is 16.9. The number of rotatable bonds is 6. The van der Waals surface area contributed by atoms with Crippen molar-refractivity contribution < 1.29 is 9.18 Å². The number of hydrogen-bond acceptors (Lipinski definition) is 3. The van der Waals surface area contributed by atoms with Crippen LogP contribution in [0.15, 0.2) is 48.5 Å². The molecule has 5 heteroatoms. The Morgan fingerprint density at radius 3 is 2.75 bits per heavy atom. The van der Waals surface area contributed by atoms with Crippen LogP contribution in [-0.2, 0) is 11.2 Å². The van der Waals surface area contributed by atoms with Gasteiger partial charge in [-0.05, 0) is 38.0 Å². The van der Waals surface area contributed by atoms with Crippen LogP contribution in [-0.4, -0.2) is 10.9 Å². The van der Waals surface area contributed by atoms with Gasteiger partial charge in [-0.1, -0.05) is 30.3 Å². The number of aromatic nitrogens is 1. The van der Waals surface area contributed by atoms with Crippen LogP contribution < -0.4 is 5.32 Å². The number of amides is 1. The average molecular weight is 342 g/mol. The van der Waals surface area contributed by atoms with Crippen LogP contribution in [0.25, 0.3) is 10.2 Å². The summed E-state index contributed by atoms with van der Waals surface area (Å²) in [7, 11) is 0. The van der Waals surface area contributed by atoms with E-state index in [2.05, 4.69) is 16.4 Å². The Labute approximate surface area is 144 Å². The van der Waals surface area contributed by atoms with Crippen LogP contribution in [0.5, 0.6) is 0 Å². The first-order chi connectivity index (χ1) is 11.6. The van der Waals surface area contributed by atoms with E-state index in [0.717, 1.165) is 23.4 Å². The van der Waals surface area contributed by atoms with E-state index >= 15 is 0 Å². The van der Waals surface area contributed by atoms with E-state index in [4.69, 9.17) is 0 Å². The maximum absolute atomic E-state index is 13.7. The number of halogens is 1. The number of fused-ring (bicyclic) bond motifs is 1. The third-order valence-electron chi connectivity index (χ3n) is 3.88. The Balaban J connectivity index is 1.49. The molecule has 0 aliphatic heterocycles. The first kappa shape index (κ1) is 16.6. The molecule has 0 fully saturated rings. The molecule has 1 heterocycles. The average Bonchev–Trinajstić information content (AvgIpc) is 2.97. The van der Waals surface area contributed by atoms with Gasteiger partial charge in [0.2, 0.25) is 5.91 Å². The van der Waals surface area contributed by atoms with Crippen molar-refractivity contribution in [2.75, 3.05) is 0 Å². The summed E-state index contributed by atoms with van der Waals surface area (Å²) in [6, 6.07) is 14.2. The molecule has 3 nitrogen and oxygen atoms in total. The highest BCUT2D eigenvalue weighted by Gasteiger charge is 2.13. The predicted molar refractivity (Wildman–Crippen MR) is 95.5 cm³/mol. The zero-order valence-electron chi connectivity index (χ0n) is 13.5. The molecule has 0 spiro atoms. The number of thiazole rings is 1. The normalized spacial score (nSPS) is 12.2. The van der Waals surface area contributed by atoms with Crippen molar-refractivity contribution in [1.29, 1.82) is 0 Å². The first-order valence-corrected chi connectivity index (χ1v) is 8.83. The Bertz CT molecular complexity index is 813. The fourth-order valence-corrected chi connectivity index (χ4v) is 3.65. The number of nitrogens with one attached hydrogen (secondary N) is 1. The van der Waals surface area contributed by atoms with E-state index in [-0.39, 0.29) is 17.8 Å². The van der Waals surface area contributed by atoms with Gasteiger partial charge in [0.05, 0.1) is 21.3 Å². The fourth-order valence-electron chi connectivity index (χ4n) is 2.64. The lowest BCUT2D eigenvalue weighted by molar-refractivity contribution is -0.121. The largest absolute Gasteiger partial charge is 0.349 e. The van der Waals surface area contributed by atoms with Crippen molar-refractivity contribution in [1.82, 2.24) is 10.3 Å². The van der Waals surface area contributed by atoms with Gasteiger partial charge in [-0.2, -0.15) is 0 Å². The van der Waals surface area contributed by atoms with Crippen LogP contribution in [0.4, 0.5) is 4.39 Å². The predicted octanol–water partition coefficient (Wildman–Crippen LogP) is 4.64. The van der Waals surface area contributed by atoms with E-state index in [1.807, 2.05) is 18.2 Å². The van der Waals surface area contributed by atoms with Gasteiger partial charge in [0, 0.05) is 12.0 Å². The number of carbonyl (C=O) groups excluding carboxylic acids is 1. The van der Waals surface area contributed by atoms with Crippen LogP contribution >= 0.6 is 11.3 Å². The van der Waals surface area contributed by atoms with Gasteiger partial charge in [0.15, 0.2) is 0 Å². The van der Waals surface area contributed by atoms with E-state index in [0.29, 0.717) is 12.0 Å². The standard InChI is InChI=1S/C19H19FN2OS/c1-13(14-7-2-3-8-15(14)20)21-18(23)11-6-12-19-22-16-9-4-5-10-17(16)24-19/h2-5,7-10,13H,6,11-12H2,1H3,(H,21,23)/t13-/m0/s1. The number of benzene rings is 2. The number of aryl methyl sites for hydroxylation is 1. The minimum Gasteiger partial charge on any atom is -0.349 e. The van der Waals surface area contributed by atoms with Gasteiger partial charge in [-0.25, -0.2) is 9.37 Å². The quantitative estimate of drug-likeness (QED) is 0.709. The van der Waals surface area contributed by atoms with Gasteiger partial charge < -0.3 is 5.32 Å². The van der Waals surface area contributed by atoms with Crippen LogP contribution in [0.3, 0.4) is 0 Å².